The van der Waals surface area contributed by atoms with Crippen molar-refractivity contribution < 1.29 is 17.5 Å². The van der Waals surface area contributed by atoms with Crippen molar-refractivity contribution in [3.8, 4) is 11.5 Å². The van der Waals surface area contributed by atoms with Crippen LogP contribution in [0.5, 0.6) is 11.5 Å². The lowest BCUT2D eigenvalue weighted by atomic mass is 10.1. The van der Waals surface area contributed by atoms with Crippen molar-refractivity contribution in [3.63, 3.8) is 0 Å². The number of benzene rings is 2. The maximum absolute atomic E-state index is 13.4. The lowest BCUT2D eigenvalue weighted by molar-refractivity contribution is 0.0692. The first-order valence-corrected chi connectivity index (χ1v) is 11.7. The van der Waals surface area contributed by atoms with Crippen LogP contribution in [0.3, 0.4) is 0 Å². The molecule has 0 saturated carbocycles. The fourth-order valence-corrected chi connectivity index (χ4v) is 4.42. The minimum atomic E-state index is -3.84. The van der Waals surface area contributed by atoms with E-state index in [0.717, 1.165) is 39.3 Å². The van der Waals surface area contributed by atoms with Crippen LogP contribution in [0.25, 0.3) is 0 Å². The minimum Gasteiger partial charge on any atom is -0.457 e. The normalized spacial score (nSPS) is 18.9. The molecule has 0 spiro atoms. The molecule has 4 rings (SSSR count). The quantitative estimate of drug-likeness (QED) is 0.694. The van der Waals surface area contributed by atoms with Crippen LogP contribution in [0.15, 0.2) is 41.3 Å². The molecule has 3 N–H and O–H groups in total. The summed E-state index contributed by atoms with van der Waals surface area (Å²) in [7, 11) is -3.84. The fraction of sp³-hybridized carbons (Fsp3) is 0.400. The van der Waals surface area contributed by atoms with Crippen molar-refractivity contribution in [1.82, 2.24) is 15.1 Å². The second kappa shape index (κ2) is 8.78. The number of piperazine rings is 1. The highest BCUT2D eigenvalue weighted by atomic mass is 35.5. The molecule has 0 radical (unpaired) electrons. The summed E-state index contributed by atoms with van der Waals surface area (Å²) in [4.78, 5) is 4.77. The summed E-state index contributed by atoms with van der Waals surface area (Å²) in [5, 5.41) is 8.57. The van der Waals surface area contributed by atoms with Crippen molar-refractivity contribution in [2.45, 2.75) is 17.5 Å². The van der Waals surface area contributed by atoms with Gasteiger partial charge < -0.3 is 10.1 Å². The summed E-state index contributed by atoms with van der Waals surface area (Å²) < 4.78 is 43.0. The molecule has 2 aromatic rings. The summed E-state index contributed by atoms with van der Waals surface area (Å²) in [5.74, 6) is 0.317. The molecule has 2 saturated heterocycles. The van der Waals surface area contributed by atoms with Crippen molar-refractivity contribution in [2.24, 2.45) is 5.14 Å². The van der Waals surface area contributed by atoms with Crippen LogP contribution >= 0.6 is 11.6 Å². The van der Waals surface area contributed by atoms with Crippen LogP contribution in [0.1, 0.15) is 5.56 Å². The average Bonchev–Trinajstić information content (AvgIpc) is 2.65. The largest absolute Gasteiger partial charge is 0.457 e. The van der Waals surface area contributed by atoms with Gasteiger partial charge in [0.15, 0.2) is 0 Å². The Morgan fingerprint density at radius 3 is 2.47 bits per heavy atom. The van der Waals surface area contributed by atoms with E-state index in [1.165, 1.54) is 30.3 Å². The first-order valence-electron chi connectivity index (χ1n) is 9.75. The molecule has 0 unspecified atom stereocenters. The maximum atomic E-state index is 13.4. The van der Waals surface area contributed by atoms with Gasteiger partial charge in [0.2, 0.25) is 10.0 Å². The van der Waals surface area contributed by atoms with Crippen molar-refractivity contribution in [1.29, 1.82) is 0 Å². The Hall–Kier alpha value is -1.75. The number of sulfonamides is 1. The Morgan fingerprint density at radius 1 is 1.13 bits per heavy atom. The number of rotatable bonds is 6. The molecule has 0 atom stereocenters. The smallest absolute Gasteiger partial charge is 0.238 e. The van der Waals surface area contributed by atoms with Crippen LogP contribution in [0.2, 0.25) is 5.02 Å². The van der Waals surface area contributed by atoms with Gasteiger partial charge in [-0.15, -0.1) is 0 Å². The highest BCUT2D eigenvalue weighted by Crippen LogP contribution is 2.31. The number of ether oxygens (including phenoxy) is 1. The molecule has 2 fully saturated rings. The van der Waals surface area contributed by atoms with Gasteiger partial charge >= 0.3 is 0 Å². The molecule has 2 aliphatic rings. The Kier molecular flexibility index (Phi) is 6.29. The maximum Gasteiger partial charge on any atom is 0.238 e. The summed E-state index contributed by atoms with van der Waals surface area (Å²) in [6.07, 6.45) is 0. The topological polar surface area (TPSA) is 87.9 Å². The van der Waals surface area contributed by atoms with Gasteiger partial charge in [-0.2, -0.15) is 0 Å². The van der Waals surface area contributed by atoms with E-state index in [2.05, 4.69) is 15.1 Å². The van der Waals surface area contributed by atoms with Crippen LogP contribution in [0.4, 0.5) is 4.39 Å². The average molecular weight is 455 g/mol. The molecular formula is C20H24ClFN4O3S. The van der Waals surface area contributed by atoms with E-state index < -0.39 is 15.8 Å². The molecule has 0 amide bonds. The molecule has 0 aliphatic carbocycles. The summed E-state index contributed by atoms with van der Waals surface area (Å²) >= 11 is 5.85. The third-order valence-corrected chi connectivity index (χ3v) is 6.76. The van der Waals surface area contributed by atoms with Gasteiger partial charge in [-0.1, -0.05) is 11.6 Å². The standard InChI is InChI=1S/C20H24ClFN4O3S/c21-18-10-16(1-3-19(18)22)29-20-4-2-17(30(23,27)28)9-14(20)13-25-5-7-26(8-6-25)15-11-24-12-15/h1-4,9-10,15,24H,5-8,11-13H2,(H2,23,27,28). The molecule has 10 heteroatoms. The third-order valence-electron chi connectivity index (χ3n) is 5.56. The van der Waals surface area contributed by atoms with E-state index in [1.54, 1.807) is 6.07 Å². The van der Waals surface area contributed by atoms with Crippen LogP contribution in [0, 0.1) is 5.82 Å². The number of nitrogens with zero attached hydrogens (tertiary/aromatic N) is 2. The van der Waals surface area contributed by atoms with Crippen molar-refractivity contribution >= 4 is 21.6 Å². The zero-order valence-electron chi connectivity index (χ0n) is 16.4. The molecule has 7 nitrogen and oxygen atoms in total. The van der Waals surface area contributed by atoms with Gasteiger partial charge in [0.1, 0.15) is 17.3 Å². The van der Waals surface area contributed by atoms with Gasteiger partial charge in [-0.05, 0) is 30.3 Å². The molecule has 162 valence electrons. The first kappa shape index (κ1) is 21.5. The lowest BCUT2D eigenvalue weighted by Gasteiger charge is -2.43. The fourth-order valence-electron chi connectivity index (χ4n) is 3.68. The molecular weight excluding hydrogens is 431 g/mol. The van der Waals surface area contributed by atoms with E-state index in [4.69, 9.17) is 21.5 Å². The van der Waals surface area contributed by atoms with Crippen LogP contribution in [-0.2, 0) is 16.6 Å². The van der Waals surface area contributed by atoms with E-state index in [9.17, 15) is 12.8 Å². The second-order valence-electron chi connectivity index (χ2n) is 7.62. The van der Waals surface area contributed by atoms with E-state index >= 15 is 0 Å². The highest BCUT2D eigenvalue weighted by molar-refractivity contribution is 7.89. The van der Waals surface area contributed by atoms with Gasteiger partial charge in [-0.3, -0.25) is 9.80 Å². The van der Waals surface area contributed by atoms with Gasteiger partial charge in [0.25, 0.3) is 0 Å². The number of hydrogen-bond acceptors (Lipinski definition) is 6. The molecule has 30 heavy (non-hydrogen) atoms. The van der Waals surface area contributed by atoms with Crippen LogP contribution in [-0.4, -0.2) is 63.5 Å². The number of primary sulfonamides is 1. The SMILES string of the molecule is NS(=O)(=O)c1ccc(Oc2ccc(F)c(Cl)c2)c(CN2CCN(C3CNC3)CC2)c1. The number of hydrogen-bond donors (Lipinski definition) is 2. The zero-order chi connectivity index (χ0) is 21.3. The Bertz CT molecular complexity index is 1020. The lowest BCUT2D eigenvalue weighted by Crippen LogP contribution is -2.61. The Balaban J connectivity index is 1.53. The Morgan fingerprint density at radius 2 is 1.87 bits per heavy atom. The van der Waals surface area contributed by atoms with Gasteiger partial charge in [0, 0.05) is 63.5 Å². The minimum absolute atomic E-state index is 0.0289. The van der Waals surface area contributed by atoms with Crippen molar-refractivity contribution in [3.05, 3.63) is 52.8 Å². The summed E-state index contributed by atoms with van der Waals surface area (Å²) in [6, 6.07) is 9.22. The predicted octanol–water partition coefficient (Wildman–Crippen LogP) is 2.01. The molecule has 0 aromatic heterocycles. The van der Waals surface area contributed by atoms with E-state index in [0.29, 0.717) is 29.6 Å². The van der Waals surface area contributed by atoms with Crippen LogP contribution < -0.4 is 15.2 Å². The highest BCUT2D eigenvalue weighted by Gasteiger charge is 2.28. The summed E-state index contributed by atoms with van der Waals surface area (Å²) in [5.41, 5.74) is 0.695. The number of nitrogens with one attached hydrogen (secondary N) is 1. The molecule has 0 bridgehead atoms. The monoisotopic (exact) mass is 454 g/mol. The zero-order valence-corrected chi connectivity index (χ0v) is 17.9. The first-order chi connectivity index (χ1) is 14.3. The van der Waals surface area contributed by atoms with Gasteiger partial charge in [-0.25, -0.2) is 17.9 Å². The van der Waals surface area contributed by atoms with Gasteiger partial charge in [0.05, 0.1) is 9.92 Å². The predicted molar refractivity (Wildman–Crippen MR) is 113 cm³/mol. The molecule has 2 aliphatic heterocycles. The Labute approximate surface area is 180 Å². The van der Waals surface area contributed by atoms with E-state index in [1.807, 2.05) is 0 Å². The third kappa shape index (κ3) is 4.93. The number of halogens is 2. The number of nitrogens with two attached hydrogens (primary N) is 1. The van der Waals surface area contributed by atoms with Crippen molar-refractivity contribution in [2.75, 3.05) is 39.3 Å². The molecule has 2 heterocycles. The summed E-state index contributed by atoms with van der Waals surface area (Å²) in [6.45, 7) is 6.26. The van der Waals surface area contributed by atoms with E-state index in [-0.39, 0.29) is 9.92 Å². The molecule has 2 aromatic carbocycles. The second-order valence-corrected chi connectivity index (χ2v) is 9.59.